The van der Waals surface area contributed by atoms with E-state index < -0.39 is 22.5 Å². The van der Waals surface area contributed by atoms with Gasteiger partial charge in [0.2, 0.25) is 0 Å². The van der Waals surface area contributed by atoms with Gasteiger partial charge in [-0.2, -0.15) is 13.2 Å². The molecule has 2 bridgehead atoms. The summed E-state index contributed by atoms with van der Waals surface area (Å²) in [6.07, 6.45) is 2.92. The molecule has 3 rings (SSSR count). The van der Waals surface area contributed by atoms with Gasteiger partial charge in [-0.15, -0.1) is 0 Å². The SMILES string of the molecule is O=S1C2C=C(c3cnccc3C(F)(F)F)CC1CCC2. The first-order valence-corrected chi connectivity index (χ1v) is 7.86. The summed E-state index contributed by atoms with van der Waals surface area (Å²) in [5, 5.41) is -0.103. The monoisotopic (exact) mass is 301 g/mol. The normalized spacial score (nSPS) is 29.9. The summed E-state index contributed by atoms with van der Waals surface area (Å²) in [7, 11) is -0.936. The average Bonchev–Trinajstić information content (AvgIpc) is 2.37. The minimum Gasteiger partial charge on any atom is -0.264 e. The van der Waals surface area contributed by atoms with E-state index in [1.807, 2.05) is 0 Å². The molecule has 0 spiro atoms. The van der Waals surface area contributed by atoms with Crippen LogP contribution in [0.2, 0.25) is 0 Å². The summed E-state index contributed by atoms with van der Waals surface area (Å²) >= 11 is 0. The summed E-state index contributed by atoms with van der Waals surface area (Å²) in [6, 6.07) is 1.01. The lowest BCUT2D eigenvalue weighted by molar-refractivity contribution is -0.137. The van der Waals surface area contributed by atoms with Crippen LogP contribution in [0.25, 0.3) is 5.57 Å². The van der Waals surface area contributed by atoms with Gasteiger partial charge in [0.1, 0.15) is 0 Å². The van der Waals surface area contributed by atoms with E-state index in [9.17, 15) is 17.4 Å². The fraction of sp³-hybridized carbons (Fsp3) is 0.500. The third-order valence-corrected chi connectivity index (χ3v) is 5.98. The van der Waals surface area contributed by atoms with E-state index in [0.717, 1.165) is 31.5 Å². The zero-order valence-electron chi connectivity index (χ0n) is 10.7. The quantitative estimate of drug-likeness (QED) is 0.794. The Hall–Kier alpha value is -1.17. The fourth-order valence-corrected chi connectivity index (χ4v) is 4.93. The summed E-state index contributed by atoms with van der Waals surface area (Å²) in [5.41, 5.74) is 0.151. The van der Waals surface area contributed by atoms with Crippen LogP contribution in [-0.2, 0) is 17.0 Å². The maximum absolute atomic E-state index is 13.1. The highest BCUT2D eigenvalue weighted by Gasteiger charge is 2.38. The molecular formula is C14H14F3NOS. The Morgan fingerprint density at radius 2 is 2.10 bits per heavy atom. The molecule has 1 aromatic heterocycles. The van der Waals surface area contributed by atoms with Crippen LogP contribution in [0.3, 0.4) is 0 Å². The van der Waals surface area contributed by atoms with E-state index >= 15 is 0 Å². The average molecular weight is 301 g/mol. The second kappa shape index (κ2) is 4.98. The Morgan fingerprint density at radius 1 is 1.30 bits per heavy atom. The van der Waals surface area contributed by atoms with E-state index in [1.165, 1.54) is 6.20 Å². The predicted molar refractivity (Wildman–Crippen MR) is 71.4 cm³/mol. The Bertz CT molecular complexity index is 582. The predicted octanol–water partition coefficient (Wildman–Crippen LogP) is 3.56. The maximum atomic E-state index is 13.1. The molecule has 3 unspecified atom stereocenters. The first-order chi connectivity index (χ1) is 9.47. The van der Waals surface area contributed by atoms with Crippen LogP contribution < -0.4 is 0 Å². The Labute approximate surface area is 117 Å². The number of halogens is 3. The van der Waals surface area contributed by atoms with Gasteiger partial charge in [-0.1, -0.05) is 12.5 Å². The van der Waals surface area contributed by atoms with Gasteiger partial charge in [-0.3, -0.25) is 9.19 Å². The number of allylic oxidation sites excluding steroid dienone is 1. The van der Waals surface area contributed by atoms with Crippen LogP contribution in [0.4, 0.5) is 13.2 Å². The molecule has 0 aromatic carbocycles. The zero-order valence-corrected chi connectivity index (χ0v) is 11.5. The van der Waals surface area contributed by atoms with Crippen molar-refractivity contribution in [2.75, 3.05) is 0 Å². The maximum Gasteiger partial charge on any atom is 0.417 e. The summed E-state index contributed by atoms with van der Waals surface area (Å²) in [6.45, 7) is 0. The van der Waals surface area contributed by atoms with Crippen molar-refractivity contribution < 1.29 is 17.4 Å². The van der Waals surface area contributed by atoms with Crippen molar-refractivity contribution in [3.05, 3.63) is 35.7 Å². The lowest BCUT2D eigenvalue weighted by Gasteiger charge is -2.33. The first-order valence-electron chi connectivity index (χ1n) is 6.58. The van der Waals surface area contributed by atoms with Crippen molar-refractivity contribution >= 4 is 16.4 Å². The van der Waals surface area contributed by atoms with E-state index in [2.05, 4.69) is 4.98 Å². The van der Waals surface area contributed by atoms with Gasteiger partial charge in [-0.25, -0.2) is 0 Å². The van der Waals surface area contributed by atoms with Crippen molar-refractivity contribution in [2.24, 2.45) is 0 Å². The molecule has 3 atom stereocenters. The number of fused-ring (bicyclic) bond motifs is 2. The van der Waals surface area contributed by atoms with E-state index in [4.69, 9.17) is 0 Å². The number of aromatic nitrogens is 1. The second-order valence-corrected chi connectivity index (χ2v) is 7.16. The third kappa shape index (κ3) is 2.41. The molecule has 3 heterocycles. The molecule has 0 saturated carbocycles. The van der Waals surface area contributed by atoms with Crippen LogP contribution in [0.5, 0.6) is 0 Å². The van der Waals surface area contributed by atoms with Crippen LogP contribution >= 0.6 is 0 Å². The molecule has 1 saturated heterocycles. The Morgan fingerprint density at radius 3 is 2.80 bits per heavy atom. The number of hydrogen-bond acceptors (Lipinski definition) is 2. The molecular weight excluding hydrogens is 287 g/mol. The van der Waals surface area contributed by atoms with Gasteiger partial charge < -0.3 is 0 Å². The van der Waals surface area contributed by atoms with Crippen molar-refractivity contribution in [1.82, 2.24) is 4.98 Å². The Kier molecular flexibility index (Phi) is 3.44. The molecule has 1 aromatic rings. The van der Waals surface area contributed by atoms with Gasteiger partial charge >= 0.3 is 6.18 Å². The molecule has 2 aliphatic rings. The number of alkyl halides is 3. The molecule has 0 radical (unpaired) electrons. The number of nitrogens with zero attached hydrogens (tertiary/aromatic N) is 1. The number of pyridine rings is 1. The smallest absolute Gasteiger partial charge is 0.264 e. The second-order valence-electron chi connectivity index (χ2n) is 5.23. The summed E-state index contributed by atoms with van der Waals surface area (Å²) < 4.78 is 51.3. The highest BCUT2D eigenvalue weighted by atomic mass is 32.2. The molecule has 2 nitrogen and oxygen atoms in total. The largest absolute Gasteiger partial charge is 0.417 e. The van der Waals surface area contributed by atoms with Crippen LogP contribution in [0.1, 0.15) is 36.8 Å². The van der Waals surface area contributed by atoms with Crippen LogP contribution in [0.15, 0.2) is 24.5 Å². The molecule has 20 heavy (non-hydrogen) atoms. The van der Waals surface area contributed by atoms with Gasteiger partial charge in [0.05, 0.1) is 10.8 Å². The molecule has 0 aliphatic carbocycles. The lowest BCUT2D eigenvalue weighted by Crippen LogP contribution is -2.33. The Balaban J connectivity index is 2.04. The van der Waals surface area contributed by atoms with Crippen LogP contribution in [-0.4, -0.2) is 19.7 Å². The summed E-state index contributed by atoms with van der Waals surface area (Å²) in [4.78, 5) is 3.83. The summed E-state index contributed by atoms with van der Waals surface area (Å²) in [5.74, 6) is 0. The molecule has 0 N–H and O–H groups in total. The third-order valence-electron chi connectivity index (χ3n) is 3.95. The molecule has 2 aliphatic heterocycles. The van der Waals surface area contributed by atoms with Crippen molar-refractivity contribution in [3.8, 4) is 0 Å². The highest BCUT2D eigenvalue weighted by molar-refractivity contribution is 7.86. The van der Waals surface area contributed by atoms with Crippen molar-refractivity contribution in [1.29, 1.82) is 0 Å². The van der Waals surface area contributed by atoms with Gasteiger partial charge in [0, 0.05) is 34.0 Å². The number of hydrogen-bond donors (Lipinski definition) is 0. The standard InChI is InChI=1S/C14H14F3NOS/c15-14(16,17)13-4-5-18-8-12(13)9-6-10-2-1-3-11(7-9)20(10)19/h4-6,8,10-11H,1-3,7H2. The molecule has 1 fully saturated rings. The topological polar surface area (TPSA) is 30.0 Å². The van der Waals surface area contributed by atoms with Crippen LogP contribution in [0, 0.1) is 0 Å². The molecule has 0 amide bonds. The van der Waals surface area contributed by atoms with Gasteiger partial charge in [-0.05, 0) is 30.9 Å². The first kappa shape index (κ1) is 13.8. The van der Waals surface area contributed by atoms with Crippen molar-refractivity contribution in [2.45, 2.75) is 42.4 Å². The molecule has 6 heteroatoms. The highest BCUT2D eigenvalue weighted by Crippen LogP contribution is 2.41. The number of rotatable bonds is 1. The van der Waals surface area contributed by atoms with Gasteiger partial charge in [0.25, 0.3) is 0 Å². The lowest BCUT2D eigenvalue weighted by atomic mass is 9.91. The minimum atomic E-state index is -4.38. The zero-order chi connectivity index (χ0) is 14.3. The minimum absolute atomic E-state index is 0.00459. The molecule has 108 valence electrons. The van der Waals surface area contributed by atoms with Gasteiger partial charge in [0.15, 0.2) is 0 Å². The van der Waals surface area contributed by atoms with E-state index in [-0.39, 0.29) is 16.1 Å². The fourth-order valence-electron chi connectivity index (χ4n) is 3.00. The van der Waals surface area contributed by atoms with E-state index in [0.29, 0.717) is 12.0 Å². The van der Waals surface area contributed by atoms with Crippen molar-refractivity contribution in [3.63, 3.8) is 0 Å². The van der Waals surface area contributed by atoms with E-state index in [1.54, 1.807) is 6.08 Å².